The quantitative estimate of drug-likeness (QED) is 0.513. The van der Waals surface area contributed by atoms with E-state index in [-0.39, 0.29) is 26.2 Å². The van der Waals surface area contributed by atoms with E-state index in [1.54, 1.807) is 0 Å². The first-order chi connectivity index (χ1) is 2.50. The van der Waals surface area contributed by atoms with Crippen LogP contribution in [0.3, 0.4) is 0 Å². The van der Waals surface area contributed by atoms with Crippen molar-refractivity contribution in [1.29, 1.82) is 0 Å². The molecule has 0 spiro atoms. The zero-order valence-electron chi connectivity index (χ0n) is 3.74. The van der Waals surface area contributed by atoms with Gasteiger partial charge in [0.1, 0.15) is 0 Å². The fraction of sp³-hybridized carbons (Fsp3) is 1.00. The van der Waals surface area contributed by atoms with Gasteiger partial charge in [-0.05, 0) is 12.8 Å². The molecule has 1 nitrogen and oxygen atoms in total. The molecule has 1 fully saturated rings. The Balaban J connectivity index is 0.000000250. The van der Waals surface area contributed by atoms with Crippen molar-refractivity contribution in [3.8, 4) is 0 Å². The molecule has 1 rings (SSSR count). The van der Waals surface area contributed by atoms with Crippen molar-refractivity contribution in [2.75, 3.05) is 13.2 Å². The summed E-state index contributed by atoms with van der Waals surface area (Å²) < 4.78 is 4.94. The first-order valence-corrected chi connectivity index (χ1v) is 2.08. The molecular weight excluding hydrogens is 155 g/mol. The van der Waals surface area contributed by atoms with Gasteiger partial charge in [-0.1, -0.05) is 0 Å². The van der Waals surface area contributed by atoms with Gasteiger partial charge in [-0.3, -0.25) is 0 Å². The van der Waals surface area contributed by atoms with Gasteiger partial charge >= 0.3 is 26.2 Å². The Morgan fingerprint density at radius 1 is 1.00 bits per heavy atom. The number of hydrogen-bond acceptors (Lipinski definition) is 1. The predicted octanol–water partition coefficient (Wildman–Crippen LogP) is 0.794. The van der Waals surface area contributed by atoms with Crippen LogP contribution in [0.25, 0.3) is 0 Å². The van der Waals surface area contributed by atoms with Gasteiger partial charge in [0.25, 0.3) is 0 Å². The summed E-state index contributed by atoms with van der Waals surface area (Å²) >= 11 is 0. The van der Waals surface area contributed by atoms with E-state index in [0.717, 1.165) is 13.2 Å². The third kappa shape index (κ3) is 2.10. The molecule has 0 radical (unpaired) electrons. The number of hydrogen-bond donors (Lipinski definition) is 0. The van der Waals surface area contributed by atoms with Crippen molar-refractivity contribution >= 4 is 0 Å². The second-order valence-corrected chi connectivity index (χ2v) is 1.32. The summed E-state index contributed by atoms with van der Waals surface area (Å²) in [6.45, 7) is 2.00. The Morgan fingerprint density at radius 3 is 1.67 bits per heavy atom. The van der Waals surface area contributed by atoms with Crippen LogP contribution in [0, 0.1) is 0 Å². The van der Waals surface area contributed by atoms with Crippen molar-refractivity contribution in [3.05, 3.63) is 0 Å². The average Bonchev–Trinajstić information content (AvgIpc) is 1.76. The fourth-order valence-electron chi connectivity index (χ4n) is 0.510. The Hall–Kier alpha value is 0.843. The summed E-state index contributed by atoms with van der Waals surface area (Å²) in [7, 11) is 0. The molecule has 1 saturated heterocycles. The van der Waals surface area contributed by atoms with Gasteiger partial charge in [0, 0.05) is 13.2 Å². The average molecular weight is 163 g/mol. The molecule has 0 aromatic heterocycles. The minimum Gasteiger partial charge on any atom is -0.381 e. The minimum atomic E-state index is 0. The van der Waals surface area contributed by atoms with Crippen LogP contribution < -0.4 is 0 Å². The smallest absolute Gasteiger partial charge is 0.381 e. The molecule has 30 valence electrons. The zero-order valence-corrected chi connectivity index (χ0v) is 6.19. The third-order valence-electron chi connectivity index (χ3n) is 0.827. The van der Waals surface area contributed by atoms with Crippen LogP contribution in [0.5, 0.6) is 0 Å². The second-order valence-electron chi connectivity index (χ2n) is 1.32. The van der Waals surface area contributed by atoms with E-state index in [2.05, 4.69) is 0 Å². The molecule has 0 aromatic carbocycles. The van der Waals surface area contributed by atoms with E-state index >= 15 is 0 Å². The van der Waals surface area contributed by atoms with Crippen LogP contribution in [0.2, 0.25) is 0 Å². The van der Waals surface area contributed by atoms with Crippen LogP contribution in [-0.4, -0.2) is 13.2 Å². The van der Waals surface area contributed by atoms with Gasteiger partial charge < -0.3 is 4.74 Å². The van der Waals surface area contributed by atoms with Crippen molar-refractivity contribution in [2.45, 2.75) is 12.8 Å². The van der Waals surface area contributed by atoms with Gasteiger partial charge in [0.2, 0.25) is 0 Å². The summed E-state index contributed by atoms with van der Waals surface area (Å²) in [4.78, 5) is 0. The maximum atomic E-state index is 4.94. The molecule has 1 heterocycles. The molecule has 0 amide bonds. The summed E-state index contributed by atoms with van der Waals surface area (Å²) in [6, 6.07) is 0. The minimum absolute atomic E-state index is 0. The Bertz CT molecular complexity index is 19.1. The van der Waals surface area contributed by atoms with Gasteiger partial charge in [0.15, 0.2) is 0 Å². The summed E-state index contributed by atoms with van der Waals surface area (Å²) in [5.41, 5.74) is 0. The number of ether oxygens (including phenoxy) is 1. The van der Waals surface area contributed by atoms with Crippen LogP contribution in [0.1, 0.15) is 12.8 Å². The zero-order chi connectivity index (χ0) is 3.54. The van der Waals surface area contributed by atoms with Crippen LogP contribution in [0.15, 0.2) is 0 Å². The predicted molar refractivity (Wildman–Crippen MR) is 20.1 cm³/mol. The standard InChI is InChI=1S/C4H8O.Zr/c1-2-4-5-3-1;/h1-4H2;/q;+4. The summed E-state index contributed by atoms with van der Waals surface area (Å²) in [5.74, 6) is 0. The van der Waals surface area contributed by atoms with E-state index in [9.17, 15) is 0 Å². The second kappa shape index (κ2) is 4.01. The molecule has 1 aliphatic heterocycles. The van der Waals surface area contributed by atoms with E-state index < -0.39 is 0 Å². The number of rotatable bonds is 0. The molecule has 0 bridgehead atoms. The van der Waals surface area contributed by atoms with E-state index in [1.807, 2.05) is 0 Å². The molecule has 0 N–H and O–H groups in total. The summed E-state index contributed by atoms with van der Waals surface area (Å²) in [6.07, 6.45) is 2.56. The first-order valence-electron chi connectivity index (χ1n) is 2.08. The molecule has 6 heavy (non-hydrogen) atoms. The topological polar surface area (TPSA) is 9.23 Å². The molecular formula is C4H8OZr+4. The molecule has 1 aliphatic rings. The van der Waals surface area contributed by atoms with Crippen molar-refractivity contribution in [3.63, 3.8) is 0 Å². The molecule has 0 atom stereocenters. The van der Waals surface area contributed by atoms with Crippen LogP contribution >= 0.6 is 0 Å². The normalized spacial score (nSPS) is 20.0. The van der Waals surface area contributed by atoms with Crippen LogP contribution in [-0.2, 0) is 30.9 Å². The van der Waals surface area contributed by atoms with E-state index in [4.69, 9.17) is 4.74 Å². The monoisotopic (exact) mass is 162 g/mol. The first kappa shape index (κ1) is 6.84. The van der Waals surface area contributed by atoms with Crippen LogP contribution in [0.4, 0.5) is 0 Å². The largest absolute Gasteiger partial charge is 4.00 e. The van der Waals surface area contributed by atoms with Crippen molar-refractivity contribution in [2.24, 2.45) is 0 Å². The maximum absolute atomic E-state index is 4.94. The molecule has 0 saturated carbocycles. The SMILES string of the molecule is C1CCOC1.[Zr+4]. The maximum Gasteiger partial charge on any atom is 4.00 e. The van der Waals surface area contributed by atoms with E-state index in [0.29, 0.717) is 0 Å². The van der Waals surface area contributed by atoms with Gasteiger partial charge in [0.05, 0.1) is 0 Å². The van der Waals surface area contributed by atoms with Crippen molar-refractivity contribution < 1.29 is 30.9 Å². The Labute approximate surface area is 57.2 Å². The third-order valence-corrected chi connectivity index (χ3v) is 0.827. The van der Waals surface area contributed by atoms with Gasteiger partial charge in [-0.2, -0.15) is 0 Å². The fourth-order valence-corrected chi connectivity index (χ4v) is 0.510. The van der Waals surface area contributed by atoms with Gasteiger partial charge in [-0.25, -0.2) is 0 Å². The van der Waals surface area contributed by atoms with Gasteiger partial charge in [-0.15, -0.1) is 0 Å². The molecule has 0 aromatic rings. The van der Waals surface area contributed by atoms with E-state index in [1.165, 1.54) is 12.8 Å². The van der Waals surface area contributed by atoms with Crippen molar-refractivity contribution in [1.82, 2.24) is 0 Å². The molecule has 0 unspecified atom stereocenters. The molecule has 0 aliphatic carbocycles. The molecule has 2 heteroatoms. The Morgan fingerprint density at radius 2 is 1.50 bits per heavy atom. The Kier molecular flexibility index (Phi) is 4.58. The summed E-state index contributed by atoms with van der Waals surface area (Å²) in [5, 5.41) is 0.